The van der Waals surface area contributed by atoms with Gasteiger partial charge in [0, 0.05) is 11.6 Å². The highest BCUT2D eigenvalue weighted by molar-refractivity contribution is 6.33. The SMILES string of the molecule is Cc1nc2ccc(OC(F)(F)F)cc2n2c(-c3ccccc3Cl)nnc12. The van der Waals surface area contributed by atoms with Gasteiger partial charge in [0.25, 0.3) is 0 Å². The maximum absolute atomic E-state index is 12.6. The van der Waals surface area contributed by atoms with E-state index in [9.17, 15) is 13.2 Å². The van der Waals surface area contributed by atoms with Crippen molar-refractivity contribution in [1.82, 2.24) is 19.6 Å². The van der Waals surface area contributed by atoms with Crippen LogP contribution in [-0.2, 0) is 0 Å². The molecular formula is C17H10ClF3N4O. The van der Waals surface area contributed by atoms with Crippen molar-refractivity contribution >= 4 is 28.3 Å². The van der Waals surface area contributed by atoms with Gasteiger partial charge in [-0.2, -0.15) is 0 Å². The van der Waals surface area contributed by atoms with Crippen LogP contribution >= 0.6 is 11.6 Å². The molecule has 0 atom stereocenters. The first-order valence-electron chi connectivity index (χ1n) is 7.49. The van der Waals surface area contributed by atoms with Gasteiger partial charge in [-0.3, -0.25) is 4.40 Å². The van der Waals surface area contributed by atoms with Crippen LogP contribution in [0.15, 0.2) is 42.5 Å². The van der Waals surface area contributed by atoms with E-state index < -0.39 is 6.36 Å². The lowest BCUT2D eigenvalue weighted by Gasteiger charge is -2.11. The number of aromatic nitrogens is 4. The first-order valence-corrected chi connectivity index (χ1v) is 7.87. The number of benzene rings is 2. The minimum Gasteiger partial charge on any atom is -0.406 e. The van der Waals surface area contributed by atoms with Gasteiger partial charge in [-0.05, 0) is 31.2 Å². The predicted octanol–water partition coefficient (Wildman–Crippen LogP) is 4.80. The lowest BCUT2D eigenvalue weighted by molar-refractivity contribution is -0.274. The summed E-state index contributed by atoms with van der Waals surface area (Å²) >= 11 is 6.26. The molecule has 0 aliphatic heterocycles. The second-order valence-corrected chi connectivity index (χ2v) is 5.97. The molecule has 0 unspecified atom stereocenters. The molecule has 0 aliphatic carbocycles. The number of hydrogen-bond acceptors (Lipinski definition) is 4. The highest BCUT2D eigenvalue weighted by Crippen LogP contribution is 2.31. The van der Waals surface area contributed by atoms with E-state index in [1.165, 1.54) is 18.2 Å². The Hall–Kier alpha value is -2.87. The van der Waals surface area contributed by atoms with Gasteiger partial charge in [-0.15, -0.1) is 23.4 Å². The molecule has 2 aromatic heterocycles. The molecule has 0 N–H and O–H groups in total. The first kappa shape index (κ1) is 16.6. The third kappa shape index (κ3) is 2.82. The van der Waals surface area contributed by atoms with Crippen LogP contribution in [0.25, 0.3) is 28.1 Å². The summed E-state index contributed by atoms with van der Waals surface area (Å²) in [7, 11) is 0. The van der Waals surface area contributed by atoms with Crippen molar-refractivity contribution < 1.29 is 17.9 Å². The summed E-state index contributed by atoms with van der Waals surface area (Å²) in [5.41, 5.74) is 2.49. The molecular weight excluding hydrogens is 369 g/mol. The van der Waals surface area contributed by atoms with E-state index in [0.29, 0.717) is 38.8 Å². The maximum atomic E-state index is 12.6. The normalized spacial score (nSPS) is 12.0. The monoisotopic (exact) mass is 378 g/mol. The molecule has 0 saturated carbocycles. The third-order valence-corrected chi connectivity index (χ3v) is 4.14. The summed E-state index contributed by atoms with van der Waals surface area (Å²) in [5, 5.41) is 8.74. The Morgan fingerprint density at radius 3 is 2.58 bits per heavy atom. The molecule has 0 radical (unpaired) electrons. The summed E-state index contributed by atoms with van der Waals surface area (Å²) in [4.78, 5) is 4.38. The first-order chi connectivity index (χ1) is 12.3. The molecule has 2 aromatic carbocycles. The number of aryl methyl sites for hydroxylation is 1. The smallest absolute Gasteiger partial charge is 0.406 e. The standard InChI is InChI=1S/C17H10ClF3N4O/c1-9-15-23-24-16(11-4-2-3-5-12(11)18)25(15)14-8-10(26-17(19,20)21)6-7-13(14)22-9/h2-8H,1H3. The van der Waals surface area contributed by atoms with Crippen molar-refractivity contribution in [2.45, 2.75) is 13.3 Å². The number of fused-ring (bicyclic) bond motifs is 3. The van der Waals surface area contributed by atoms with Crippen molar-refractivity contribution in [3.8, 4) is 17.1 Å². The molecule has 0 aliphatic rings. The van der Waals surface area contributed by atoms with E-state index in [1.807, 2.05) is 0 Å². The van der Waals surface area contributed by atoms with Crippen LogP contribution in [0.3, 0.4) is 0 Å². The topological polar surface area (TPSA) is 52.3 Å². The molecule has 0 amide bonds. The Morgan fingerprint density at radius 2 is 1.85 bits per heavy atom. The van der Waals surface area contributed by atoms with Crippen molar-refractivity contribution in [2.75, 3.05) is 0 Å². The zero-order chi connectivity index (χ0) is 18.5. The highest BCUT2D eigenvalue weighted by atomic mass is 35.5. The average molecular weight is 379 g/mol. The zero-order valence-electron chi connectivity index (χ0n) is 13.3. The number of halogens is 4. The van der Waals surface area contributed by atoms with Crippen LogP contribution in [0, 0.1) is 6.92 Å². The molecule has 4 aromatic rings. The minimum atomic E-state index is -4.79. The fourth-order valence-electron chi connectivity index (χ4n) is 2.77. The van der Waals surface area contributed by atoms with Crippen LogP contribution in [0.1, 0.15) is 5.69 Å². The largest absolute Gasteiger partial charge is 0.573 e. The van der Waals surface area contributed by atoms with E-state index >= 15 is 0 Å². The molecule has 2 heterocycles. The summed E-state index contributed by atoms with van der Waals surface area (Å²) in [5.74, 6) is 0.0565. The van der Waals surface area contributed by atoms with E-state index in [-0.39, 0.29) is 5.75 Å². The van der Waals surface area contributed by atoms with E-state index in [0.717, 1.165) is 0 Å². The van der Waals surface area contributed by atoms with Crippen LogP contribution in [0.4, 0.5) is 13.2 Å². The number of ether oxygens (including phenoxy) is 1. The van der Waals surface area contributed by atoms with Crippen LogP contribution in [0.2, 0.25) is 5.02 Å². The van der Waals surface area contributed by atoms with Crippen LogP contribution < -0.4 is 4.74 Å². The molecule has 5 nitrogen and oxygen atoms in total. The lowest BCUT2D eigenvalue weighted by Crippen LogP contribution is -2.17. The second kappa shape index (κ2) is 5.84. The van der Waals surface area contributed by atoms with E-state index in [1.54, 1.807) is 35.6 Å². The summed E-state index contributed by atoms with van der Waals surface area (Å²) in [6, 6.07) is 11.0. The van der Waals surface area contributed by atoms with E-state index in [2.05, 4.69) is 19.9 Å². The fourth-order valence-corrected chi connectivity index (χ4v) is 2.99. The lowest BCUT2D eigenvalue weighted by atomic mass is 10.2. The van der Waals surface area contributed by atoms with Crippen LogP contribution in [-0.4, -0.2) is 25.9 Å². The van der Waals surface area contributed by atoms with Gasteiger partial charge in [-0.25, -0.2) is 4.98 Å². The minimum absolute atomic E-state index is 0.351. The predicted molar refractivity (Wildman–Crippen MR) is 90.2 cm³/mol. The summed E-state index contributed by atoms with van der Waals surface area (Å²) in [6.07, 6.45) is -4.79. The zero-order valence-corrected chi connectivity index (χ0v) is 14.0. The molecule has 0 spiro atoms. The van der Waals surface area contributed by atoms with Gasteiger partial charge in [0.15, 0.2) is 11.5 Å². The second-order valence-electron chi connectivity index (χ2n) is 5.56. The van der Waals surface area contributed by atoms with Crippen molar-refractivity contribution in [2.24, 2.45) is 0 Å². The van der Waals surface area contributed by atoms with Crippen molar-refractivity contribution in [3.63, 3.8) is 0 Å². The van der Waals surface area contributed by atoms with E-state index in [4.69, 9.17) is 11.6 Å². The molecule has 4 rings (SSSR count). The molecule has 132 valence electrons. The van der Waals surface area contributed by atoms with Gasteiger partial charge in [-0.1, -0.05) is 23.7 Å². The Kier molecular flexibility index (Phi) is 3.73. The Labute approximate surface area is 150 Å². The van der Waals surface area contributed by atoms with Gasteiger partial charge >= 0.3 is 6.36 Å². The Morgan fingerprint density at radius 1 is 1.08 bits per heavy atom. The van der Waals surface area contributed by atoms with Crippen molar-refractivity contribution in [1.29, 1.82) is 0 Å². The number of alkyl halides is 3. The molecule has 26 heavy (non-hydrogen) atoms. The summed E-state index contributed by atoms with van der Waals surface area (Å²) < 4.78 is 43.4. The van der Waals surface area contributed by atoms with Crippen LogP contribution in [0.5, 0.6) is 5.75 Å². The Balaban J connectivity index is 2.04. The highest BCUT2D eigenvalue weighted by Gasteiger charge is 2.31. The quantitative estimate of drug-likeness (QED) is 0.502. The fraction of sp³-hybridized carbons (Fsp3) is 0.118. The molecule has 0 bridgehead atoms. The average Bonchev–Trinajstić information content (AvgIpc) is 3.00. The molecule has 9 heteroatoms. The third-order valence-electron chi connectivity index (χ3n) is 3.81. The maximum Gasteiger partial charge on any atom is 0.573 e. The summed E-state index contributed by atoms with van der Waals surface area (Å²) in [6.45, 7) is 1.75. The van der Waals surface area contributed by atoms with Gasteiger partial charge in [0.05, 0.1) is 21.7 Å². The number of rotatable bonds is 2. The van der Waals surface area contributed by atoms with Crippen molar-refractivity contribution in [3.05, 3.63) is 53.2 Å². The number of nitrogens with zero attached hydrogens (tertiary/aromatic N) is 4. The van der Waals surface area contributed by atoms with Gasteiger partial charge in [0.1, 0.15) is 5.75 Å². The molecule has 0 fully saturated rings. The Bertz CT molecular complexity index is 1140. The van der Waals surface area contributed by atoms with Gasteiger partial charge in [0.2, 0.25) is 0 Å². The number of hydrogen-bond donors (Lipinski definition) is 0. The van der Waals surface area contributed by atoms with Gasteiger partial charge < -0.3 is 4.74 Å². The molecule has 0 saturated heterocycles.